The van der Waals surface area contributed by atoms with Crippen molar-refractivity contribution in [2.75, 3.05) is 5.32 Å². The number of benzene rings is 1. The number of hydrogen-bond donors (Lipinski definition) is 3. The molecule has 4 nitrogen and oxygen atoms in total. The fourth-order valence-electron chi connectivity index (χ4n) is 1.21. The van der Waals surface area contributed by atoms with Crippen molar-refractivity contribution in [1.29, 1.82) is 5.41 Å². The molecule has 0 bridgehead atoms. The molecule has 4 heteroatoms. The van der Waals surface area contributed by atoms with E-state index in [-0.39, 0.29) is 5.71 Å². The van der Waals surface area contributed by atoms with Crippen LogP contribution in [0.5, 0.6) is 0 Å². The van der Waals surface area contributed by atoms with E-state index in [1.54, 1.807) is 12.1 Å². The molecule has 0 aliphatic rings. The van der Waals surface area contributed by atoms with Crippen LogP contribution in [0.25, 0.3) is 0 Å². The molecule has 1 amide bonds. The zero-order valence-corrected chi connectivity index (χ0v) is 11.4. The molecular formula is C14H22N2O2. The second-order valence-electron chi connectivity index (χ2n) is 3.59. The molecule has 0 saturated carbocycles. The maximum Gasteiger partial charge on any atom is 0.272 e. The summed E-state index contributed by atoms with van der Waals surface area (Å²) in [6.45, 7) is 7.44. The van der Waals surface area contributed by atoms with Gasteiger partial charge in [-0.2, -0.15) is 0 Å². The molecule has 1 rings (SSSR count). The monoisotopic (exact) mass is 250 g/mol. The highest BCUT2D eigenvalue weighted by Gasteiger charge is 2.14. The average molecular weight is 250 g/mol. The normalized spacial score (nSPS) is 10.9. The number of aliphatic hydroxyl groups excluding tert-OH is 1. The highest BCUT2D eigenvalue weighted by Crippen LogP contribution is 2.10. The molecule has 1 aromatic carbocycles. The highest BCUT2D eigenvalue weighted by molar-refractivity contribution is 6.43. The predicted octanol–water partition coefficient (Wildman–Crippen LogP) is 2.61. The van der Waals surface area contributed by atoms with Crippen molar-refractivity contribution in [2.45, 2.75) is 40.2 Å². The van der Waals surface area contributed by atoms with Crippen molar-refractivity contribution < 1.29 is 9.90 Å². The van der Waals surface area contributed by atoms with Gasteiger partial charge in [0.1, 0.15) is 5.71 Å². The SMILES string of the molecule is CC.CCc1ccc(NC(=O)C(=N)C(C)O)cc1. The van der Waals surface area contributed by atoms with Crippen molar-refractivity contribution in [2.24, 2.45) is 0 Å². The summed E-state index contributed by atoms with van der Waals surface area (Å²) in [6.07, 6.45) is -0.104. The summed E-state index contributed by atoms with van der Waals surface area (Å²) >= 11 is 0. The van der Waals surface area contributed by atoms with E-state index in [1.807, 2.05) is 26.0 Å². The van der Waals surface area contributed by atoms with Crippen molar-refractivity contribution in [3.63, 3.8) is 0 Å². The molecule has 1 unspecified atom stereocenters. The lowest BCUT2D eigenvalue weighted by molar-refractivity contribution is -0.110. The lowest BCUT2D eigenvalue weighted by atomic mass is 10.1. The van der Waals surface area contributed by atoms with Crippen molar-refractivity contribution in [3.05, 3.63) is 29.8 Å². The van der Waals surface area contributed by atoms with Gasteiger partial charge in [-0.1, -0.05) is 32.9 Å². The molecule has 100 valence electrons. The smallest absolute Gasteiger partial charge is 0.272 e. The molecule has 0 aromatic heterocycles. The van der Waals surface area contributed by atoms with Crippen LogP contribution in [0.3, 0.4) is 0 Å². The zero-order valence-electron chi connectivity index (χ0n) is 11.4. The Bertz CT molecular complexity index is 383. The Morgan fingerprint density at radius 3 is 2.22 bits per heavy atom. The number of anilines is 1. The summed E-state index contributed by atoms with van der Waals surface area (Å²) in [5.74, 6) is -0.570. The maximum absolute atomic E-state index is 11.4. The molecule has 0 saturated heterocycles. The molecule has 0 spiro atoms. The van der Waals surface area contributed by atoms with Gasteiger partial charge in [-0.3, -0.25) is 10.2 Å². The minimum absolute atomic E-state index is 0.334. The summed E-state index contributed by atoms with van der Waals surface area (Å²) in [4.78, 5) is 11.4. The Labute approximate surface area is 109 Å². The molecule has 0 aliphatic heterocycles. The summed E-state index contributed by atoms with van der Waals surface area (Å²) in [5.41, 5.74) is 1.48. The molecule has 0 heterocycles. The van der Waals surface area contributed by atoms with E-state index in [0.717, 1.165) is 6.42 Å². The first-order valence-corrected chi connectivity index (χ1v) is 6.21. The van der Waals surface area contributed by atoms with E-state index in [9.17, 15) is 4.79 Å². The first-order chi connectivity index (χ1) is 8.54. The van der Waals surface area contributed by atoms with Gasteiger partial charge < -0.3 is 10.4 Å². The van der Waals surface area contributed by atoms with E-state index in [4.69, 9.17) is 10.5 Å². The minimum atomic E-state index is -1.05. The van der Waals surface area contributed by atoms with Crippen molar-refractivity contribution in [1.82, 2.24) is 0 Å². The van der Waals surface area contributed by atoms with Crippen LogP contribution in [0, 0.1) is 5.41 Å². The van der Waals surface area contributed by atoms with Crippen LogP contribution in [0.2, 0.25) is 0 Å². The molecule has 0 fully saturated rings. The fraction of sp³-hybridized carbons (Fsp3) is 0.429. The third-order valence-corrected chi connectivity index (χ3v) is 2.28. The van der Waals surface area contributed by atoms with Crippen LogP contribution >= 0.6 is 0 Å². The Kier molecular flexibility index (Phi) is 7.63. The predicted molar refractivity (Wildman–Crippen MR) is 75.2 cm³/mol. The number of nitrogens with one attached hydrogen (secondary N) is 2. The Balaban J connectivity index is 0.00000137. The van der Waals surface area contributed by atoms with Gasteiger partial charge in [0, 0.05) is 5.69 Å². The van der Waals surface area contributed by atoms with Gasteiger partial charge >= 0.3 is 0 Å². The molecule has 3 N–H and O–H groups in total. The quantitative estimate of drug-likeness (QED) is 0.719. The standard InChI is InChI=1S/C12H16N2O2.C2H6/c1-3-9-4-6-10(7-5-9)14-12(16)11(13)8(2)15;1-2/h4-8,13,15H,3H2,1-2H3,(H,14,16);1-2H3. The highest BCUT2D eigenvalue weighted by atomic mass is 16.3. The number of carbonyl (C=O) groups excluding carboxylic acids is 1. The number of hydrogen-bond acceptors (Lipinski definition) is 3. The molecule has 1 atom stereocenters. The van der Waals surface area contributed by atoms with Crippen LogP contribution in [0.1, 0.15) is 33.3 Å². The van der Waals surface area contributed by atoms with E-state index in [1.165, 1.54) is 12.5 Å². The van der Waals surface area contributed by atoms with Crippen LogP contribution in [-0.2, 0) is 11.2 Å². The van der Waals surface area contributed by atoms with Gasteiger partial charge in [-0.15, -0.1) is 0 Å². The topological polar surface area (TPSA) is 73.2 Å². The number of aliphatic hydroxyl groups is 1. The third-order valence-electron chi connectivity index (χ3n) is 2.28. The second-order valence-corrected chi connectivity index (χ2v) is 3.59. The summed E-state index contributed by atoms with van der Waals surface area (Å²) in [6, 6.07) is 7.40. The van der Waals surface area contributed by atoms with E-state index >= 15 is 0 Å². The van der Waals surface area contributed by atoms with Crippen molar-refractivity contribution in [3.8, 4) is 0 Å². The number of carbonyl (C=O) groups is 1. The maximum atomic E-state index is 11.4. The first-order valence-electron chi connectivity index (χ1n) is 6.21. The van der Waals surface area contributed by atoms with Crippen LogP contribution in [0.4, 0.5) is 5.69 Å². The fourth-order valence-corrected chi connectivity index (χ4v) is 1.21. The molecule has 0 radical (unpaired) electrons. The van der Waals surface area contributed by atoms with E-state index < -0.39 is 12.0 Å². The average Bonchev–Trinajstić information content (AvgIpc) is 2.40. The molecule has 18 heavy (non-hydrogen) atoms. The lowest BCUT2D eigenvalue weighted by Crippen LogP contribution is -2.30. The Morgan fingerprint density at radius 2 is 1.83 bits per heavy atom. The van der Waals surface area contributed by atoms with Gasteiger partial charge in [0.05, 0.1) is 6.10 Å². The first kappa shape index (κ1) is 16.3. The van der Waals surface area contributed by atoms with Crippen LogP contribution in [0.15, 0.2) is 24.3 Å². The third kappa shape index (κ3) is 5.10. The number of aryl methyl sites for hydroxylation is 1. The van der Waals surface area contributed by atoms with E-state index in [0.29, 0.717) is 5.69 Å². The number of rotatable bonds is 4. The van der Waals surface area contributed by atoms with Gasteiger partial charge in [0.2, 0.25) is 0 Å². The zero-order chi connectivity index (χ0) is 14.1. The van der Waals surface area contributed by atoms with E-state index in [2.05, 4.69) is 12.2 Å². The van der Waals surface area contributed by atoms with Crippen molar-refractivity contribution >= 4 is 17.3 Å². The van der Waals surface area contributed by atoms with Gasteiger partial charge in [-0.25, -0.2) is 0 Å². The minimum Gasteiger partial charge on any atom is -0.387 e. The molecule has 0 aliphatic carbocycles. The molecule has 1 aromatic rings. The summed E-state index contributed by atoms with van der Waals surface area (Å²) < 4.78 is 0. The summed E-state index contributed by atoms with van der Waals surface area (Å²) in [5, 5.41) is 18.9. The van der Waals surface area contributed by atoms with Gasteiger partial charge in [0.15, 0.2) is 0 Å². The Morgan fingerprint density at radius 1 is 1.33 bits per heavy atom. The largest absolute Gasteiger partial charge is 0.387 e. The van der Waals surface area contributed by atoms with Crippen LogP contribution in [-0.4, -0.2) is 22.8 Å². The van der Waals surface area contributed by atoms with Gasteiger partial charge in [0.25, 0.3) is 5.91 Å². The van der Waals surface area contributed by atoms with Gasteiger partial charge in [-0.05, 0) is 31.0 Å². The molecular weight excluding hydrogens is 228 g/mol. The van der Waals surface area contributed by atoms with Crippen LogP contribution < -0.4 is 5.32 Å². The number of amides is 1. The Hall–Kier alpha value is -1.68. The lowest BCUT2D eigenvalue weighted by Gasteiger charge is -2.08. The summed E-state index contributed by atoms with van der Waals surface area (Å²) in [7, 11) is 0. The second kappa shape index (κ2) is 8.42.